The smallest absolute Gasteiger partial charge is 0.417 e. The number of hydrogen-bond donors (Lipinski definition) is 0. The molecule has 1 aromatic heterocycles. The quantitative estimate of drug-likeness (QED) is 0.552. The average molecular weight is 434 g/mol. The summed E-state index contributed by atoms with van der Waals surface area (Å²) in [5.41, 5.74) is -0.973. The summed E-state index contributed by atoms with van der Waals surface area (Å²) in [5.74, 6) is -0.0730. The Labute approximate surface area is 170 Å². The van der Waals surface area contributed by atoms with Gasteiger partial charge in [0, 0.05) is 13.3 Å². The third-order valence-electron chi connectivity index (χ3n) is 3.54. The van der Waals surface area contributed by atoms with Gasteiger partial charge in [-0.05, 0) is 44.2 Å². The van der Waals surface area contributed by atoms with E-state index in [1.165, 1.54) is 38.3 Å². The molecule has 0 fully saturated rings. The third kappa shape index (κ3) is 6.79. The van der Waals surface area contributed by atoms with Gasteiger partial charge in [-0.1, -0.05) is 11.6 Å². The number of benzene rings is 1. The summed E-state index contributed by atoms with van der Waals surface area (Å²) >= 11 is 5.81. The van der Waals surface area contributed by atoms with Crippen molar-refractivity contribution in [3.63, 3.8) is 0 Å². The van der Waals surface area contributed by atoms with Gasteiger partial charge in [-0.15, -0.1) is 0 Å². The molecule has 0 saturated heterocycles. The molecule has 2 aromatic rings. The first-order valence-electron chi connectivity index (χ1n) is 8.47. The summed E-state index contributed by atoms with van der Waals surface area (Å²) in [7, 11) is 1.50. The van der Waals surface area contributed by atoms with Crippen LogP contribution in [0, 0.1) is 0 Å². The zero-order chi connectivity index (χ0) is 21.6. The van der Waals surface area contributed by atoms with Crippen molar-refractivity contribution in [2.24, 2.45) is 0 Å². The van der Waals surface area contributed by atoms with Crippen molar-refractivity contribution in [2.75, 3.05) is 13.7 Å². The number of ether oxygens (including phenoxy) is 4. The standard InChI is InChI=1S/C19H19ClF3NO5/c1-11(10-26-3)27-18(25)12(2)28-14-4-6-15(7-5-14)29-17-16(20)8-13(9-24-17)19(21,22)23/h4-9,11-12H,10H2,1-3H3. The second kappa shape index (κ2) is 9.80. The van der Waals surface area contributed by atoms with E-state index in [-0.39, 0.29) is 23.3 Å². The van der Waals surface area contributed by atoms with Gasteiger partial charge in [-0.2, -0.15) is 13.2 Å². The maximum Gasteiger partial charge on any atom is 0.417 e. The van der Waals surface area contributed by atoms with Crippen LogP contribution in [0.1, 0.15) is 19.4 Å². The van der Waals surface area contributed by atoms with Gasteiger partial charge in [-0.25, -0.2) is 9.78 Å². The molecule has 2 unspecified atom stereocenters. The Balaban J connectivity index is 1.97. The highest BCUT2D eigenvalue weighted by molar-refractivity contribution is 6.31. The number of nitrogens with zero attached hydrogens (tertiary/aromatic N) is 1. The second-order valence-corrected chi connectivity index (χ2v) is 6.45. The largest absolute Gasteiger partial charge is 0.479 e. The van der Waals surface area contributed by atoms with Crippen LogP contribution in [0.4, 0.5) is 13.2 Å². The number of rotatable bonds is 8. The fourth-order valence-corrected chi connectivity index (χ4v) is 2.37. The van der Waals surface area contributed by atoms with E-state index in [0.717, 1.165) is 6.07 Å². The first-order chi connectivity index (χ1) is 13.6. The van der Waals surface area contributed by atoms with Gasteiger partial charge in [0.1, 0.15) is 22.6 Å². The number of aromatic nitrogens is 1. The molecular weight excluding hydrogens is 415 g/mol. The Morgan fingerprint density at radius 3 is 2.34 bits per heavy atom. The van der Waals surface area contributed by atoms with Crippen LogP contribution in [-0.2, 0) is 20.4 Å². The van der Waals surface area contributed by atoms with Crippen LogP contribution < -0.4 is 9.47 Å². The van der Waals surface area contributed by atoms with Crippen LogP contribution in [0.5, 0.6) is 17.4 Å². The lowest BCUT2D eigenvalue weighted by Gasteiger charge is -2.17. The molecule has 0 spiro atoms. The summed E-state index contributed by atoms with van der Waals surface area (Å²) in [5, 5.41) is -0.276. The van der Waals surface area contributed by atoms with E-state index in [0.29, 0.717) is 11.9 Å². The number of halogens is 4. The Kier molecular flexibility index (Phi) is 7.69. The van der Waals surface area contributed by atoms with Crippen molar-refractivity contribution in [1.82, 2.24) is 4.98 Å². The molecule has 6 nitrogen and oxygen atoms in total. The Morgan fingerprint density at radius 2 is 1.79 bits per heavy atom. The summed E-state index contributed by atoms with van der Waals surface area (Å²) in [6.07, 6.45) is -5.17. The minimum atomic E-state index is -4.55. The minimum Gasteiger partial charge on any atom is -0.479 e. The number of carbonyl (C=O) groups is 1. The van der Waals surface area contributed by atoms with E-state index in [1.807, 2.05) is 0 Å². The maximum absolute atomic E-state index is 12.6. The molecule has 0 N–H and O–H groups in total. The summed E-state index contributed by atoms with van der Waals surface area (Å²) in [6.45, 7) is 3.50. The summed E-state index contributed by atoms with van der Waals surface area (Å²) in [6, 6.07) is 6.78. The molecule has 1 heterocycles. The summed E-state index contributed by atoms with van der Waals surface area (Å²) < 4.78 is 58.9. The van der Waals surface area contributed by atoms with Gasteiger partial charge in [-0.3, -0.25) is 0 Å². The fraction of sp³-hybridized carbons (Fsp3) is 0.368. The average Bonchev–Trinajstić information content (AvgIpc) is 2.64. The first kappa shape index (κ1) is 22.8. The van der Waals surface area contributed by atoms with Crippen LogP contribution in [0.3, 0.4) is 0 Å². The molecule has 2 atom stereocenters. The van der Waals surface area contributed by atoms with E-state index in [4.69, 9.17) is 30.5 Å². The lowest BCUT2D eigenvalue weighted by Crippen LogP contribution is -2.30. The van der Waals surface area contributed by atoms with E-state index in [2.05, 4.69) is 4.98 Å². The van der Waals surface area contributed by atoms with E-state index in [9.17, 15) is 18.0 Å². The van der Waals surface area contributed by atoms with Crippen LogP contribution in [0.15, 0.2) is 36.5 Å². The van der Waals surface area contributed by atoms with Crippen molar-refractivity contribution < 1.29 is 36.9 Å². The normalized spacial score (nSPS) is 13.5. The monoisotopic (exact) mass is 433 g/mol. The molecule has 1 aromatic carbocycles. The summed E-state index contributed by atoms with van der Waals surface area (Å²) in [4.78, 5) is 15.5. The SMILES string of the molecule is COCC(C)OC(=O)C(C)Oc1ccc(Oc2ncc(C(F)(F)F)cc2Cl)cc1. The second-order valence-electron chi connectivity index (χ2n) is 6.05. The number of methoxy groups -OCH3 is 1. The highest BCUT2D eigenvalue weighted by Gasteiger charge is 2.31. The highest BCUT2D eigenvalue weighted by Crippen LogP contribution is 2.34. The van der Waals surface area contributed by atoms with Gasteiger partial charge in [0.05, 0.1) is 12.2 Å². The molecule has 10 heteroatoms. The number of alkyl halides is 3. The lowest BCUT2D eigenvalue weighted by molar-refractivity contribution is -0.158. The first-order valence-corrected chi connectivity index (χ1v) is 8.84. The third-order valence-corrected chi connectivity index (χ3v) is 3.81. The molecule has 29 heavy (non-hydrogen) atoms. The predicted molar refractivity (Wildman–Crippen MR) is 98.3 cm³/mol. The molecule has 0 aliphatic heterocycles. The van der Waals surface area contributed by atoms with Crippen molar-refractivity contribution >= 4 is 17.6 Å². The molecule has 0 amide bonds. The number of hydrogen-bond acceptors (Lipinski definition) is 6. The topological polar surface area (TPSA) is 66.9 Å². The van der Waals surface area contributed by atoms with Crippen molar-refractivity contribution in [2.45, 2.75) is 32.2 Å². The van der Waals surface area contributed by atoms with Gasteiger partial charge < -0.3 is 18.9 Å². The maximum atomic E-state index is 12.6. The lowest BCUT2D eigenvalue weighted by atomic mass is 10.3. The van der Waals surface area contributed by atoms with Crippen molar-refractivity contribution in [3.05, 3.63) is 47.1 Å². The van der Waals surface area contributed by atoms with Crippen molar-refractivity contribution in [3.8, 4) is 17.4 Å². The zero-order valence-corrected chi connectivity index (χ0v) is 16.6. The van der Waals surface area contributed by atoms with Crippen LogP contribution >= 0.6 is 11.6 Å². The molecular formula is C19H19ClF3NO5. The van der Waals surface area contributed by atoms with Crippen LogP contribution in [-0.4, -0.2) is 36.9 Å². The van der Waals surface area contributed by atoms with E-state index >= 15 is 0 Å². The van der Waals surface area contributed by atoms with Crippen LogP contribution in [0.2, 0.25) is 5.02 Å². The van der Waals surface area contributed by atoms with Crippen molar-refractivity contribution in [1.29, 1.82) is 0 Å². The Hall–Kier alpha value is -2.52. The molecule has 0 bridgehead atoms. The number of pyridine rings is 1. The number of carbonyl (C=O) groups excluding carboxylic acids is 1. The minimum absolute atomic E-state index is 0.169. The van der Waals surface area contributed by atoms with E-state index in [1.54, 1.807) is 6.92 Å². The number of esters is 1. The van der Waals surface area contributed by atoms with Gasteiger partial charge in [0.2, 0.25) is 5.88 Å². The van der Waals surface area contributed by atoms with Gasteiger partial charge in [0.25, 0.3) is 0 Å². The van der Waals surface area contributed by atoms with Gasteiger partial charge in [0.15, 0.2) is 6.10 Å². The molecule has 2 rings (SSSR count). The molecule has 0 aliphatic rings. The molecule has 0 radical (unpaired) electrons. The van der Waals surface area contributed by atoms with E-state index < -0.39 is 29.9 Å². The van der Waals surface area contributed by atoms with Crippen LogP contribution in [0.25, 0.3) is 0 Å². The Bertz CT molecular complexity index is 830. The highest BCUT2D eigenvalue weighted by atomic mass is 35.5. The molecule has 0 aliphatic carbocycles. The fourth-order valence-electron chi connectivity index (χ4n) is 2.17. The predicted octanol–water partition coefficient (Wildman–Crippen LogP) is 4.89. The molecule has 158 valence electrons. The van der Waals surface area contributed by atoms with Gasteiger partial charge >= 0.3 is 12.1 Å². The molecule has 0 saturated carbocycles. The Morgan fingerprint density at radius 1 is 1.17 bits per heavy atom. The zero-order valence-electron chi connectivity index (χ0n) is 15.8.